The predicted molar refractivity (Wildman–Crippen MR) is 124 cm³/mol. The van der Waals surface area contributed by atoms with Crippen molar-refractivity contribution >= 4 is 11.9 Å². The van der Waals surface area contributed by atoms with Gasteiger partial charge in [0.05, 0.1) is 12.1 Å². The number of nitrogens with zero attached hydrogens (tertiary/aromatic N) is 2. The molecule has 0 spiro atoms. The molecule has 1 unspecified atom stereocenters. The van der Waals surface area contributed by atoms with E-state index in [0.29, 0.717) is 17.9 Å². The quantitative estimate of drug-likeness (QED) is 0.472. The molecule has 6 heteroatoms. The standard InChI is InChI=1S/C26H40N2O4/c1-25(2,3)32-24(30)28-21(18-19-10-7-6-8-11-19)23(31-26(28,4)5)13-9-12-22(29)20-14-16-27-17-15-20/h14-17,19,21,23H,6-13,18H2,1-5H3/t21-,23?/m0/s1. The summed E-state index contributed by atoms with van der Waals surface area (Å²) in [6.07, 6.45) is 12.0. The molecule has 2 heterocycles. The van der Waals surface area contributed by atoms with Crippen LogP contribution in [0.3, 0.4) is 0 Å². The highest BCUT2D eigenvalue weighted by Crippen LogP contribution is 2.40. The molecular formula is C26H40N2O4. The molecule has 1 aromatic rings. The van der Waals surface area contributed by atoms with Gasteiger partial charge in [-0.2, -0.15) is 0 Å². The second kappa shape index (κ2) is 10.3. The van der Waals surface area contributed by atoms with Crippen molar-refractivity contribution in [3.05, 3.63) is 30.1 Å². The van der Waals surface area contributed by atoms with E-state index in [1.807, 2.05) is 39.5 Å². The van der Waals surface area contributed by atoms with Crippen LogP contribution in [0.2, 0.25) is 0 Å². The maximum Gasteiger partial charge on any atom is 0.412 e. The largest absolute Gasteiger partial charge is 0.444 e. The SMILES string of the molecule is CC(C)(C)OC(=O)N1[C@@H](CC2CCCCC2)C(CCCC(=O)c2ccncc2)OC1(C)C. The molecule has 1 aliphatic heterocycles. The van der Waals surface area contributed by atoms with Crippen molar-refractivity contribution in [2.45, 2.75) is 116 Å². The Kier molecular flexibility index (Phi) is 7.97. The van der Waals surface area contributed by atoms with Crippen molar-refractivity contribution in [1.82, 2.24) is 9.88 Å². The van der Waals surface area contributed by atoms with E-state index in [4.69, 9.17) is 9.47 Å². The highest BCUT2D eigenvalue weighted by Gasteiger charge is 2.51. The van der Waals surface area contributed by atoms with Crippen molar-refractivity contribution < 1.29 is 19.1 Å². The lowest BCUT2D eigenvalue weighted by atomic mass is 9.83. The third kappa shape index (κ3) is 6.53. The summed E-state index contributed by atoms with van der Waals surface area (Å²) in [5, 5.41) is 0. The van der Waals surface area contributed by atoms with Gasteiger partial charge in [-0.05, 0) is 71.9 Å². The van der Waals surface area contributed by atoms with E-state index >= 15 is 0 Å². The summed E-state index contributed by atoms with van der Waals surface area (Å²) in [6, 6.07) is 3.49. The zero-order chi connectivity index (χ0) is 23.4. The molecule has 2 aliphatic rings. The lowest BCUT2D eigenvalue weighted by Gasteiger charge is -2.37. The van der Waals surface area contributed by atoms with E-state index in [2.05, 4.69) is 4.98 Å². The fraction of sp³-hybridized carbons (Fsp3) is 0.731. The highest BCUT2D eigenvalue weighted by molar-refractivity contribution is 5.95. The molecule has 1 amide bonds. The predicted octanol–water partition coefficient (Wildman–Crippen LogP) is 6.15. The highest BCUT2D eigenvalue weighted by atomic mass is 16.6. The van der Waals surface area contributed by atoms with Gasteiger partial charge in [0.25, 0.3) is 0 Å². The number of hydrogen-bond donors (Lipinski definition) is 0. The Morgan fingerprint density at radius 2 is 1.81 bits per heavy atom. The zero-order valence-electron chi connectivity index (χ0n) is 20.4. The molecule has 0 aromatic carbocycles. The number of pyridine rings is 1. The monoisotopic (exact) mass is 444 g/mol. The first kappa shape index (κ1) is 24.7. The van der Waals surface area contributed by atoms with Gasteiger partial charge >= 0.3 is 6.09 Å². The van der Waals surface area contributed by atoms with E-state index in [-0.39, 0.29) is 24.0 Å². The molecule has 2 fully saturated rings. The fourth-order valence-electron chi connectivity index (χ4n) is 5.16. The van der Waals surface area contributed by atoms with Gasteiger partial charge in [0.15, 0.2) is 5.78 Å². The Labute approximate surface area is 193 Å². The molecule has 6 nitrogen and oxygen atoms in total. The summed E-state index contributed by atoms with van der Waals surface area (Å²) in [7, 11) is 0. The van der Waals surface area contributed by atoms with Crippen molar-refractivity contribution in [2.24, 2.45) is 5.92 Å². The van der Waals surface area contributed by atoms with E-state index < -0.39 is 11.3 Å². The van der Waals surface area contributed by atoms with Crippen LogP contribution < -0.4 is 0 Å². The lowest BCUT2D eigenvalue weighted by molar-refractivity contribution is -0.0801. The Hall–Kier alpha value is -1.95. The second-order valence-electron chi connectivity index (χ2n) is 10.8. The van der Waals surface area contributed by atoms with Gasteiger partial charge in [-0.25, -0.2) is 4.79 Å². The number of hydrogen-bond acceptors (Lipinski definition) is 5. The summed E-state index contributed by atoms with van der Waals surface area (Å²) in [5.74, 6) is 0.731. The molecule has 1 aromatic heterocycles. The van der Waals surface area contributed by atoms with Gasteiger partial charge in [0, 0.05) is 24.4 Å². The smallest absolute Gasteiger partial charge is 0.412 e. The Balaban J connectivity index is 1.70. The zero-order valence-corrected chi connectivity index (χ0v) is 20.4. The van der Waals surface area contributed by atoms with Gasteiger partial charge in [0.1, 0.15) is 11.3 Å². The molecule has 0 bridgehead atoms. The molecule has 3 rings (SSSR count). The molecule has 1 saturated heterocycles. The molecule has 32 heavy (non-hydrogen) atoms. The summed E-state index contributed by atoms with van der Waals surface area (Å²) in [6.45, 7) is 9.59. The van der Waals surface area contributed by atoms with Crippen LogP contribution in [0.5, 0.6) is 0 Å². The second-order valence-corrected chi connectivity index (χ2v) is 10.8. The topological polar surface area (TPSA) is 68.7 Å². The molecule has 2 atom stereocenters. The third-order valence-electron chi connectivity index (χ3n) is 6.57. The van der Waals surface area contributed by atoms with E-state index in [1.165, 1.54) is 32.1 Å². The van der Waals surface area contributed by atoms with Gasteiger partial charge in [-0.15, -0.1) is 0 Å². The number of ketones is 1. The van der Waals surface area contributed by atoms with Crippen LogP contribution in [-0.4, -0.2) is 45.2 Å². The minimum Gasteiger partial charge on any atom is -0.444 e. The number of carbonyl (C=O) groups is 2. The maximum absolute atomic E-state index is 13.2. The normalized spacial score (nSPS) is 23.8. The first-order valence-electron chi connectivity index (χ1n) is 12.2. The number of amides is 1. The number of carbonyl (C=O) groups excluding carboxylic acids is 2. The van der Waals surface area contributed by atoms with Crippen LogP contribution in [0.4, 0.5) is 4.79 Å². The molecule has 0 radical (unpaired) electrons. The summed E-state index contributed by atoms with van der Waals surface area (Å²) < 4.78 is 12.2. The average Bonchev–Trinajstić information content (AvgIpc) is 2.97. The average molecular weight is 445 g/mol. The first-order valence-corrected chi connectivity index (χ1v) is 12.2. The number of aromatic nitrogens is 1. The Bertz CT molecular complexity index is 766. The van der Waals surface area contributed by atoms with Crippen LogP contribution in [-0.2, 0) is 9.47 Å². The molecule has 178 valence electrons. The van der Waals surface area contributed by atoms with Gasteiger partial charge in [-0.3, -0.25) is 14.7 Å². The minimum absolute atomic E-state index is 0.0287. The minimum atomic E-state index is -0.735. The van der Waals surface area contributed by atoms with Crippen LogP contribution in [0.25, 0.3) is 0 Å². The molecule has 1 saturated carbocycles. The number of rotatable bonds is 7. The summed E-state index contributed by atoms with van der Waals surface area (Å²) >= 11 is 0. The van der Waals surface area contributed by atoms with Crippen molar-refractivity contribution in [3.8, 4) is 0 Å². The van der Waals surface area contributed by atoms with Gasteiger partial charge in [-0.1, -0.05) is 32.1 Å². The lowest BCUT2D eigenvalue weighted by Crippen LogP contribution is -2.50. The molecule has 0 N–H and O–H groups in total. The van der Waals surface area contributed by atoms with E-state index in [9.17, 15) is 9.59 Å². The maximum atomic E-state index is 13.2. The summed E-state index contributed by atoms with van der Waals surface area (Å²) in [4.78, 5) is 31.5. The van der Waals surface area contributed by atoms with Crippen LogP contribution in [0.15, 0.2) is 24.5 Å². The van der Waals surface area contributed by atoms with Crippen LogP contribution in [0, 0.1) is 5.92 Å². The van der Waals surface area contributed by atoms with Crippen molar-refractivity contribution in [3.63, 3.8) is 0 Å². The van der Waals surface area contributed by atoms with Crippen molar-refractivity contribution in [2.75, 3.05) is 0 Å². The Morgan fingerprint density at radius 1 is 1.16 bits per heavy atom. The van der Waals surface area contributed by atoms with E-state index in [1.54, 1.807) is 24.5 Å². The third-order valence-corrected chi connectivity index (χ3v) is 6.57. The Morgan fingerprint density at radius 3 is 2.44 bits per heavy atom. The molecule has 1 aliphatic carbocycles. The van der Waals surface area contributed by atoms with Gasteiger partial charge < -0.3 is 9.47 Å². The first-order chi connectivity index (χ1) is 15.1. The summed E-state index contributed by atoms with van der Waals surface area (Å²) in [5.41, 5.74) is -0.597. The van der Waals surface area contributed by atoms with Gasteiger partial charge in [0.2, 0.25) is 0 Å². The number of Topliss-reactive ketones (excluding diaryl/α,β-unsaturated/α-hetero) is 1. The van der Waals surface area contributed by atoms with Crippen LogP contribution >= 0.6 is 0 Å². The fourth-order valence-corrected chi connectivity index (χ4v) is 5.16. The molecular weight excluding hydrogens is 404 g/mol. The van der Waals surface area contributed by atoms with Crippen molar-refractivity contribution in [1.29, 1.82) is 0 Å². The van der Waals surface area contributed by atoms with E-state index in [0.717, 1.165) is 19.3 Å². The number of ether oxygens (including phenoxy) is 2. The van der Waals surface area contributed by atoms with Crippen LogP contribution in [0.1, 0.15) is 103 Å².